The van der Waals surface area contributed by atoms with E-state index in [0.717, 1.165) is 0 Å². The molecule has 0 unspecified atom stereocenters. The quantitative estimate of drug-likeness (QED) is 0.0409. The van der Waals surface area contributed by atoms with Crippen LogP contribution in [0.5, 0.6) is 5.75 Å². The Kier molecular flexibility index (Phi) is 16.5. The van der Waals surface area contributed by atoms with Crippen molar-refractivity contribution in [2.75, 3.05) is 12.3 Å². The van der Waals surface area contributed by atoms with Gasteiger partial charge in [0.2, 0.25) is 0 Å². The fraction of sp³-hybridized carbons (Fsp3) is 0.194. The van der Waals surface area contributed by atoms with Gasteiger partial charge in [0.05, 0.1) is 0 Å². The number of alkyl halides is 6. The van der Waals surface area contributed by atoms with Crippen molar-refractivity contribution in [3.63, 3.8) is 0 Å². The number of benzene rings is 7. The Morgan fingerprint density at radius 1 is 0.397 bits per heavy atom. The van der Waals surface area contributed by atoms with E-state index in [0.29, 0.717) is 55.1 Å². The molecule has 0 radical (unpaired) electrons. The van der Waals surface area contributed by atoms with E-state index in [2.05, 4.69) is 24.3 Å². The second-order valence-corrected chi connectivity index (χ2v) is 29.8. The van der Waals surface area contributed by atoms with E-state index in [4.69, 9.17) is 13.5 Å². The van der Waals surface area contributed by atoms with Crippen LogP contribution in [0.15, 0.2) is 222 Å². The Balaban J connectivity index is 1.83. The Bertz CT molecular complexity index is 3050. The van der Waals surface area contributed by atoms with E-state index in [1.54, 1.807) is 182 Å². The molecule has 0 spiro atoms. The number of nitrogens with zero attached hydrogens (tertiary/aromatic N) is 4. The second-order valence-electron chi connectivity index (χ2n) is 20.8. The third-order valence-electron chi connectivity index (χ3n) is 14.0. The molecule has 7 nitrogen and oxygen atoms in total. The van der Waals surface area contributed by atoms with Crippen molar-refractivity contribution < 1.29 is 39.9 Å². The van der Waals surface area contributed by atoms with E-state index < -0.39 is 61.0 Å². The zero-order chi connectivity index (χ0) is 56.7. The van der Waals surface area contributed by atoms with Crippen molar-refractivity contribution in [3.8, 4) is 30.0 Å². The third-order valence-corrected chi connectivity index (χ3v) is 25.5. The van der Waals surface area contributed by atoms with Gasteiger partial charge in [-0.3, -0.25) is 0 Å². The van der Waals surface area contributed by atoms with Gasteiger partial charge in [0.15, 0.2) is 0 Å². The zero-order valence-electron chi connectivity index (χ0n) is 43.7. The first-order valence-corrected chi connectivity index (χ1v) is 29.4. The van der Waals surface area contributed by atoms with Crippen LogP contribution in [0.3, 0.4) is 0 Å². The number of allylic oxidation sites excluding steroid dienone is 4. The van der Waals surface area contributed by atoms with Gasteiger partial charge in [-0.2, -0.15) is 0 Å². The Morgan fingerprint density at radius 3 is 0.821 bits per heavy atom. The predicted octanol–water partition coefficient (Wildman–Crippen LogP) is 13.8. The van der Waals surface area contributed by atoms with Crippen molar-refractivity contribution in [3.05, 3.63) is 234 Å². The van der Waals surface area contributed by atoms with Crippen molar-refractivity contribution in [1.82, 2.24) is 0 Å². The number of rotatable bonds is 16. The minimum atomic E-state index is -5.33. The third kappa shape index (κ3) is 10.9. The van der Waals surface area contributed by atoms with Crippen molar-refractivity contribution in [1.29, 1.82) is 21.0 Å². The maximum absolute atomic E-state index is 15.1. The number of hydrogen-bond donors (Lipinski definition) is 0. The van der Waals surface area contributed by atoms with Crippen LogP contribution in [-0.4, -0.2) is 19.6 Å². The van der Waals surface area contributed by atoms with Gasteiger partial charge >= 0.3 is 454 Å². The zero-order valence-corrected chi connectivity index (χ0v) is 45.5. The van der Waals surface area contributed by atoms with Crippen molar-refractivity contribution >= 4 is 52.8 Å². The molecular formula is C62H55BF6N4O3P2. The molecule has 0 amide bonds. The van der Waals surface area contributed by atoms with Crippen LogP contribution >= 0.6 is 13.7 Å². The SMILES string of the molecule is CC(C)(C)C(CP(OB(Oc1cc(C(F)(F)F)cc(C(F)(F)F)c1)OP(CC(=C(C#N)C#N)C(C)(C)C)(c1ccccc1)(c1ccccc1)c1ccccc1)(c1ccccc1)(c1ccccc1)c1ccccc1)=C(C#N)C#N. The van der Waals surface area contributed by atoms with E-state index in [1.807, 2.05) is 41.5 Å². The predicted molar refractivity (Wildman–Crippen MR) is 300 cm³/mol. The summed E-state index contributed by atoms with van der Waals surface area (Å²) in [6.45, 7) is 0.289. The van der Waals surface area contributed by atoms with Crippen LogP contribution in [-0.2, 0) is 21.2 Å². The molecule has 0 aliphatic carbocycles. The summed E-state index contributed by atoms with van der Waals surface area (Å²) >= 11 is 0. The monoisotopic (exact) mass is 1090 g/mol. The molecule has 0 heterocycles. The molecule has 0 saturated heterocycles. The Morgan fingerprint density at radius 2 is 0.628 bits per heavy atom. The van der Waals surface area contributed by atoms with E-state index in [-0.39, 0.29) is 29.5 Å². The standard InChI is InChI=1S/C62H55BF6N4O3P2/c1-59(2,3)57(46(40-70)41-71)44-77(51-25-13-7-14-26-51,52-27-15-8-16-28-52,53-29-17-9-18-30-53)75-63(74-50-38-48(61(64,65)66)37-49(39-50)62(67,68)69)76-78(54-31-19-10-20-32-54,55-33-21-11-22-34-55,56-35-23-12-24-36-56)45-58(60(4,5)6)47(42-72)43-73/h7-39H,44-45H2,1-6H3. The van der Waals surface area contributed by atoms with Gasteiger partial charge in [-0.25, -0.2) is 0 Å². The van der Waals surface area contributed by atoms with Crippen molar-refractivity contribution in [2.24, 2.45) is 10.8 Å². The number of halogens is 6. The van der Waals surface area contributed by atoms with Gasteiger partial charge in [-0.15, -0.1) is 0 Å². The van der Waals surface area contributed by atoms with E-state index >= 15 is 26.3 Å². The first kappa shape index (κ1) is 57.9. The van der Waals surface area contributed by atoms with Crippen LogP contribution in [0.4, 0.5) is 26.3 Å². The fourth-order valence-corrected chi connectivity index (χ4v) is 22.2. The first-order valence-electron chi connectivity index (χ1n) is 24.7. The average Bonchev–Trinajstić information content (AvgIpc) is 2.41. The molecule has 7 aromatic rings. The van der Waals surface area contributed by atoms with Gasteiger partial charge in [-0.05, 0) is 0 Å². The van der Waals surface area contributed by atoms with Gasteiger partial charge in [0.1, 0.15) is 0 Å². The van der Waals surface area contributed by atoms with Crippen LogP contribution in [0.25, 0.3) is 0 Å². The summed E-state index contributed by atoms with van der Waals surface area (Å²) in [6.07, 6.45) is -11.2. The summed E-state index contributed by atoms with van der Waals surface area (Å²) in [6, 6.07) is 62.5. The van der Waals surface area contributed by atoms with Gasteiger partial charge in [-0.1, -0.05) is 0 Å². The second kappa shape index (κ2) is 22.3. The molecule has 7 aromatic carbocycles. The molecule has 396 valence electrons. The molecule has 0 aliphatic heterocycles. The normalized spacial score (nSPS) is 13.1. The van der Waals surface area contributed by atoms with Gasteiger partial charge in [0, 0.05) is 0 Å². The van der Waals surface area contributed by atoms with Crippen LogP contribution < -0.4 is 36.5 Å². The first-order chi connectivity index (χ1) is 36.9. The number of hydrogen-bond acceptors (Lipinski definition) is 7. The molecule has 0 atom stereocenters. The molecule has 0 aliphatic rings. The molecule has 0 fully saturated rings. The average molecular weight is 1090 g/mol. The maximum atomic E-state index is 15.1. The summed E-state index contributed by atoms with van der Waals surface area (Å²) in [7, 11) is -2.39. The summed E-state index contributed by atoms with van der Waals surface area (Å²) in [5, 5.41) is 46.2. The van der Waals surface area contributed by atoms with Crippen molar-refractivity contribution in [2.45, 2.75) is 53.9 Å². The molecule has 0 N–H and O–H groups in total. The van der Waals surface area contributed by atoms with Gasteiger partial charge < -0.3 is 0 Å². The molecule has 7 rings (SSSR count). The van der Waals surface area contributed by atoms with E-state index in [1.165, 1.54) is 0 Å². The van der Waals surface area contributed by atoms with E-state index in [9.17, 15) is 21.0 Å². The minimum absolute atomic E-state index is 0.00313. The van der Waals surface area contributed by atoms with Crippen LogP contribution in [0.2, 0.25) is 0 Å². The molecule has 0 saturated carbocycles. The summed E-state index contributed by atoms with van der Waals surface area (Å²) in [5.74, 6) is -0.943. The van der Waals surface area contributed by atoms with Crippen LogP contribution in [0.1, 0.15) is 52.7 Å². The molecule has 16 heteroatoms. The Hall–Kier alpha value is -7.80. The Labute approximate surface area is 452 Å². The topological polar surface area (TPSA) is 123 Å². The molecular weight excluding hydrogens is 1040 g/mol. The van der Waals surface area contributed by atoms with Crippen LogP contribution in [0, 0.1) is 56.2 Å². The summed E-state index contributed by atoms with van der Waals surface area (Å²) in [4.78, 5) is 0. The molecule has 0 bridgehead atoms. The fourth-order valence-electron chi connectivity index (χ4n) is 10.2. The van der Waals surface area contributed by atoms with Gasteiger partial charge in [0.25, 0.3) is 0 Å². The molecule has 78 heavy (non-hydrogen) atoms. The summed E-state index contributed by atoms with van der Waals surface area (Å²) < 4.78 is 114. The number of nitriles is 4. The molecule has 0 aromatic heterocycles. The summed E-state index contributed by atoms with van der Waals surface area (Å²) in [5.41, 5.74) is -5.27.